The summed E-state index contributed by atoms with van der Waals surface area (Å²) < 4.78 is 49.4. The largest absolute Gasteiger partial charge is 0.479 e. The van der Waals surface area contributed by atoms with Crippen LogP contribution in [0.1, 0.15) is 115 Å². The quantitative estimate of drug-likeness (QED) is 0.0460. The van der Waals surface area contributed by atoms with Gasteiger partial charge in [-0.05, 0) is 100 Å². The molecular weight excluding hydrogens is 1060 g/mol. The molecule has 8 unspecified atom stereocenters. The van der Waals surface area contributed by atoms with Crippen LogP contribution in [0.15, 0.2) is 34.9 Å². The lowest BCUT2D eigenvalue weighted by Gasteiger charge is -2.73. The van der Waals surface area contributed by atoms with Crippen molar-refractivity contribution in [3.05, 3.63) is 34.9 Å². The van der Waals surface area contributed by atoms with Crippen molar-refractivity contribution in [2.45, 2.75) is 225 Å². The molecule has 23 nitrogen and oxygen atoms in total. The third-order valence-electron chi connectivity index (χ3n) is 21.8. The summed E-state index contributed by atoms with van der Waals surface area (Å²) >= 11 is 0. The molecule has 0 aromatic carbocycles. The molecule has 0 amide bonds. The number of aliphatic carboxylic acids is 1. The monoisotopic (exact) mass is 1150 g/mol. The molecule has 81 heavy (non-hydrogen) atoms. The lowest BCUT2D eigenvalue weighted by Crippen LogP contribution is -2.76. The summed E-state index contributed by atoms with van der Waals surface area (Å²) in [6.07, 6.45) is -21.5. The Labute approximate surface area is 472 Å². The lowest BCUT2D eigenvalue weighted by atomic mass is 9.32. The van der Waals surface area contributed by atoms with Gasteiger partial charge in [0, 0.05) is 27.9 Å². The number of ether oxygens (including phenoxy) is 8. The Balaban J connectivity index is 1.14. The molecule has 23 heteroatoms. The smallest absolute Gasteiger partial charge is 0.335 e. The first-order valence-electron chi connectivity index (χ1n) is 28.6. The molecule has 460 valence electrons. The highest BCUT2D eigenvalue weighted by molar-refractivity contribution is 5.89. The standard InChI is InChI=1S/C58H90O23/c1-12-25(3)48(72)80-45-46(81-49(73)26(4)13-2)58(24-62)29(20-53(45,5)6)28-14-15-33-55(9)18-17-34(54(7,8)32(55)16-19-56(33,10)57(28,11)43(68)44(58)69)76-52-42(79-50-37(65)35(63)27(21-59)30(22-60)74-50)40(39(67)41(78-52)47(70)71)77-51-38(66)36(64)31(23-61)75-51/h12-14,27,29-46,50-52,59-69H,15-24H2,1-11H3,(H,70,71)/b25-12-,26-13-/t27-,29?,30?,31+,32?,33?,34-,35-,36?,37?,38-,39+,40-,41?,42?,43-,44+,45-,46-,50-,51-,52+,55-,56+,57-,58-/m0/s1. The van der Waals surface area contributed by atoms with Crippen molar-refractivity contribution in [3.8, 4) is 0 Å². The number of aliphatic hydroxyl groups excluding tert-OH is 11. The van der Waals surface area contributed by atoms with Gasteiger partial charge >= 0.3 is 17.9 Å². The van der Waals surface area contributed by atoms with Crippen LogP contribution in [0.5, 0.6) is 0 Å². The highest BCUT2D eigenvalue weighted by Gasteiger charge is 2.76. The summed E-state index contributed by atoms with van der Waals surface area (Å²) in [4.78, 5) is 40.4. The maximum atomic E-state index is 13.9. The molecule has 8 rings (SSSR count). The molecule has 3 heterocycles. The molecule has 3 saturated heterocycles. The fraction of sp³-hybridized carbons (Fsp3) is 0.845. The number of carboxylic acids is 1. The van der Waals surface area contributed by atoms with Crippen molar-refractivity contribution >= 4 is 17.9 Å². The van der Waals surface area contributed by atoms with Crippen LogP contribution in [0.2, 0.25) is 0 Å². The molecule has 0 bridgehead atoms. The van der Waals surface area contributed by atoms with Gasteiger partial charge in [-0.15, -0.1) is 0 Å². The zero-order valence-corrected chi connectivity index (χ0v) is 48.4. The van der Waals surface area contributed by atoms with Gasteiger partial charge < -0.3 is 99.2 Å². The Morgan fingerprint density at radius 1 is 0.642 bits per heavy atom. The van der Waals surface area contributed by atoms with Gasteiger partial charge in [0.1, 0.15) is 48.8 Å². The highest BCUT2D eigenvalue weighted by atomic mass is 16.8. The van der Waals surface area contributed by atoms with Crippen LogP contribution in [0, 0.1) is 56.2 Å². The van der Waals surface area contributed by atoms with Crippen LogP contribution >= 0.6 is 0 Å². The Morgan fingerprint density at radius 2 is 1.21 bits per heavy atom. The van der Waals surface area contributed by atoms with E-state index in [1.54, 1.807) is 39.8 Å². The molecule has 26 atom stereocenters. The van der Waals surface area contributed by atoms with E-state index in [9.17, 15) is 75.7 Å². The molecule has 7 fully saturated rings. The zero-order valence-electron chi connectivity index (χ0n) is 48.4. The van der Waals surface area contributed by atoms with E-state index >= 15 is 0 Å². The first kappa shape index (κ1) is 64.0. The Morgan fingerprint density at radius 3 is 1.75 bits per heavy atom. The predicted octanol–water partition coefficient (Wildman–Crippen LogP) is 0.510. The Hall–Kier alpha value is -3.05. The molecule has 0 radical (unpaired) electrons. The van der Waals surface area contributed by atoms with Crippen LogP contribution in [-0.2, 0) is 52.3 Å². The molecule has 3 aliphatic heterocycles. The number of hydrogen-bond donors (Lipinski definition) is 12. The maximum absolute atomic E-state index is 13.9. The van der Waals surface area contributed by atoms with Crippen LogP contribution in [-0.4, -0.2) is 216 Å². The summed E-state index contributed by atoms with van der Waals surface area (Å²) in [7, 11) is 0. The van der Waals surface area contributed by atoms with E-state index in [-0.39, 0.29) is 23.8 Å². The summed E-state index contributed by atoms with van der Waals surface area (Å²) in [5, 5.41) is 134. The van der Waals surface area contributed by atoms with Crippen molar-refractivity contribution < 1.29 is 114 Å². The molecule has 0 aromatic heterocycles. The van der Waals surface area contributed by atoms with Crippen molar-refractivity contribution in [1.29, 1.82) is 0 Å². The summed E-state index contributed by atoms with van der Waals surface area (Å²) in [6.45, 7) is 17.8. The second kappa shape index (κ2) is 23.3. The van der Waals surface area contributed by atoms with Gasteiger partial charge in [0.15, 0.2) is 31.1 Å². The van der Waals surface area contributed by atoms with E-state index in [1.165, 1.54) is 0 Å². The molecule has 12 N–H and O–H groups in total. The molecule has 5 aliphatic carbocycles. The predicted molar refractivity (Wildman–Crippen MR) is 281 cm³/mol. The number of allylic oxidation sites excluding steroid dienone is 3. The first-order chi connectivity index (χ1) is 37.9. The molecule has 0 aromatic rings. The number of carbonyl (C=O) groups is 3. The zero-order chi connectivity index (χ0) is 60.0. The van der Waals surface area contributed by atoms with E-state index in [2.05, 4.69) is 19.9 Å². The fourth-order valence-electron chi connectivity index (χ4n) is 16.6. The number of aliphatic hydroxyl groups is 11. The number of fused-ring (bicyclic) bond motifs is 7. The number of carbonyl (C=O) groups excluding carboxylic acids is 2. The first-order valence-corrected chi connectivity index (χ1v) is 28.6. The minimum atomic E-state index is -2.12. The highest BCUT2D eigenvalue weighted by Crippen LogP contribution is 2.76. The van der Waals surface area contributed by atoms with Crippen LogP contribution in [0.4, 0.5) is 0 Å². The Bertz CT molecular complexity index is 2410. The number of hydrogen-bond acceptors (Lipinski definition) is 22. The van der Waals surface area contributed by atoms with Crippen LogP contribution in [0.25, 0.3) is 0 Å². The van der Waals surface area contributed by atoms with Gasteiger partial charge in [-0.3, -0.25) is 0 Å². The topological polar surface area (TPSA) is 368 Å². The molecule has 4 saturated carbocycles. The lowest BCUT2D eigenvalue weighted by molar-refractivity contribution is -0.385. The second-order valence-corrected chi connectivity index (χ2v) is 26.4. The van der Waals surface area contributed by atoms with Gasteiger partial charge in [-0.1, -0.05) is 72.3 Å². The van der Waals surface area contributed by atoms with Crippen molar-refractivity contribution in [2.75, 3.05) is 26.4 Å². The van der Waals surface area contributed by atoms with Crippen LogP contribution < -0.4 is 0 Å². The average molecular weight is 1160 g/mol. The third kappa shape index (κ3) is 10.1. The summed E-state index contributed by atoms with van der Waals surface area (Å²) in [5.41, 5.74) is -4.39. The van der Waals surface area contributed by atoms with Crippen molar-refractivity contribution in [1.82, 2.24) is 0 Å². The number of carboxylic acid groups (broad SMARTS) is 1. The van der Waals surface area contributed by atoms with Gasteiger partial charge in [0.05, 0.1) is 62.4 Å². The van der Waals surface area contributed by atoms with E-state index in [0.29, 0.717) is 37.7 Å². The SMILES string of the molecule is C/C=C(/C)C(=O)O[C@H]1[C@H](OC(=O)/C(C)=C\C)[C@@]2(CO)C(CC1(C)C)C1=CCC3[C@@]4(C)CC[C@H](O[C@@H]5OC(C(=O)O)[C@H](O)[C@H](O[C@@H]6O[C@H](CO)C(O)[C@@H]6O)C5O[C@@H]5OC(CO)[C@H](CO)[C@H](O)C5O)C(C)(C)C4CC[C@@]3(C)[C@]1(C)[C@@H](O)[C@H]2O. The van der Waals surface area contributed by atoms with E-state index < -0.39 is 199 Å². The van der Waals surface area contributed by atoms with Gasteiger partial charge in [0.25, 0.3) is 0 Å². The molecular formula is C58H90O23. The van der Waals surface area contributed by atoms with Gasteiger partial charge in [-0.25, -0.2) is 14.4 Å². The second-order valence-electron chi connectivity index (χ2n) is 26.4. The molecule has 8 aliphatic rings. The van der Waals surface area contributed by atoms with Gasteiger partial charge in [0.2, 0.25) is 0 Å². The molecule has 0 spiro atoms. The minimum absolute atomic E-state index is 0.151. The fourth-order valence-corrected chi connectivity index (χ4v) is 16.6. The number of rotatable bonds is 15. The Kier molecular flexibility index (Phi) is 18.4. The van der Waals surface area contributed by atoms with Gasteiger partial charge in [-0.2, -0.15) is 0 Å². The third-order valence-corrected chi connectivity index (χ3v) is 21.8. The summed E-state index contributed by atoms with van der Waals surface area (Å²) in [6, 6.07) is 0. The van der Waals surface area contributed by atoms with E-state index in [0.717, 1.165) is 5.57 Å². The minimum Gasteiger partial charge on any atom is -0.479 e. The maximum Gasteiger partial charge on any atom is 0.335 e. The summed E-state index contributed by atoms with van der Waals surface area (Å²) in [5.74, 6) is -5.16. The van der Waals surface area contributed by atoms with E-state index in [4.69, 9.17) is 37.9 Å². The van der Waals surface area contributed by atoms with Crippen LogP contribution in [0.3, 0.4) is 0 Å². The number of esters is 2. The van der Waals surface area contributed by atoms with Crippen molar-refractivity contribution in [3.63, 3.8) is 0 Å². The normalized spacial score (nSPS) is 48.6. The average Bonchev–Trinajstić information content (AvgIpc) is 3.88. The van der Waals surface area contributed by atoms with E-state index in [1.807, 2.05) is 34.6 Å². The van der Waals surface area contributed by atoms with Crippen molar-refractivity contribution in [2.24, 2.45) is 56.2 Å².